The van der Waals surface area contributed by atoms with Crippen molar-refractivity contribution in [1.29, 1.82) is 0 Å². The van der Waals surface area contributed by atoms with Crippen LogP contribution in [0.15, 0.2) is 0 Å². The van der Waals surface area contributed by atoms with Crippen molar-refractivity contribution in [2.45, 2.75) is 25.6 Å². The van der Waals surface area contributed by atoms with Crippen molar-refractivity contribution in [2.75, 3.05) is 6.61 Å². The molecule has 1 saturated heterocycles. The molecular weight excluding hydrogens is 92.1 g/mol. The van der Waals surface area contributed by atoms with E-state index in [1.54, 1.807) is 6.92 Å². The topological polar surface area (TPSA) is 29.1 Å². The normalized spacial score (nSPS) is 34.3. The van der Waals surface area contributed by atoms with Crippen LogP contribution < -0.4 is 0 Å². The van der Waals surface area contributed by atoms with E-state index in [1.165, 1.54) is 0 Å². The van der Waals surface area contributed by atoms with E-state index in [0.29, 0.717) is 0 Å². The molecule has 0 aromatic carbocycles. The first-order valence-electron chi connectivity index (χ1n) is 2.58. The Bertz CT molecular complexity index is 57.1. The third-order valence-electron chi connectivity index (χ3n) is 1.26. The molecule has 0 bridgehead atoms. The van der Waals surface area contributed by atoms with Gasteiger partial charge < -0.3 is 4.74 Å². The number of hydrogen-bond donors (Lipinski definition) is 0. The van der Waals surface area contributed by atoms with Gasteiger partial charge >= 0.3 is 0 Å². The van der Waals surface area contributed by atoms with Gasteiger partial charge in [0.2, 0.25) is 0 Å². The molecule has 1 aliphatic heterocycles. The van der Waals surface area contributed by atoms with Gasteiger partial charge in [0.25, 0.3) is 0 Å². The van der Waals surface area contributed by atoms with Gasteiger partial charge in [0.05, 0.1) is 6.10 Å². The van der Waals surface area contributed by atoms with E-state index < -0.39 is 6.10 Å². The van der Waals surface area contributed by atoms with E-state index in [-0.39, 0.29) is 6.10 Å². The van der Waals surface area contributed by atoms with Crippen LogP contribution in [-0.2, 0) is 9.84 Å². The number of hydrogen-bond acceptors (Lipinski definition) is 1. The molecule has 41 valence electrons. The van der Waals surface area contributed by atoms with E-state index in [1.807, 2.05) is 0 Å². The summed E-state index contributed by atoms with van der Waals surface area (Å²) in [6.07, 6.45) is 0.471. The molecule has 0 saturated carbocycles. The fourth-order valence-corrected chi connectivity index (χ4v) is 0.624. The van der Waals surface area contributed by atoms with Gasteiger partial charge in [-0.05, 0) is 13.3 Å². The molecule has 1 aliphatic rings. The van der Waals surface area contributed by atoms with Crippen LogP contribution >= 0.6 is 0 Å². The summed E-state index contributed by atoms with van der Waals surface area (Å²) in [6, 6.07) is 0. The zero-order valence-corrected chi connectivity index (χ0v) is 4.39. The molecule has 7 heavy (non-hydrogen) atoms. The molecule has 1 fully saturated rings. The minimum absolute atomic E-state index is 0.0278. The fraction of sp³-hybridized carbons (Fsp3) is 1.00. The van der Waals surface area contributed by atoms with Crippen LogP contribution in [-0.4, -0.2) is 18.8 Å². The smallest absolute Gasteiger partial charge is 0.116 e. The molecule has 0 aromatic heterocycles. The molecule has 2 atom stereocenters. The molecule has 2 nitrogen and oxygen atoms in total. The van der Waals surface area contributed by atoms with Gasteiger partial charge in [-0.3, -0.25) is 0 Å². The van der Waals surface area contributed by atoms with Crippen LogP contribution in [0.5, 0.6) is 0 Å². The molecule has 2 heteroatoms. The Morgan fingerprint density at radius 3 is 2.43 bits per heavy atom. The summed E-state index contributed by atoms with van der Waals surface area (Å²) in [6.45, 7) is 2.43. The highest BCUT2D eigenvalue weighted by Gasteiger charge is 2.23. The summed E-state index contributed by atoms with van der Waals surface area (Å²) in [7, 11) is 0. The predicted molar refractivity (Wildman–Crippen MR) is 24.5 cm³/mol. The Morgan fingerprint density at radius 2 is 2.43 bits per heavy atom. The summed E-state index contributed by atoms with van der Waals surface area (Å²) < 4.78 is 4.88. The Labute approximate surface area is 43.1 Å². The Kier molecular flexibility index (Phi) is 1.30. The van der Waals surface area contributed by atoms with E-state index >= 15 is 0 Å². The first-order chi connectivity index (χ1) is 3.30. The molecule has 1 rings (SSSR count). The Morgan fingerprint density at radius 1 is 1.86 bits per heavy atom. The fourth-order valence-electron chi connectivity index (χ4n) is 0.624. The summed E-state index contributed by atoms with van der Waals surface area (Å²) in [4.78, 5) is 0. The standard InChI is InChI=1S/C5H9O2/c1-4(6)5-2-3-7-5/h4-5H,2-3H2,1H3. The molecule has 1 heterocycles. The van der Waals surface area contributed by atoms with E-state index in [4.69, 9.17) is 4.74 Å². The van der Waals surface area contributed by atoms with E-state index in [2.05, 4.69) is 0 Å². The molecule has 2 unspecified atom stereocenters. The van der Waals surface area contributed by atoms with Crippen LogP contribution in [0.25, 0.3) is 0 Å². The lowest BCUT2D eigenvalue weighted by atomic mass is 10.1. The van der Waals surface area contributed by atoms with Gasteiger partial charge in [-0.25, -0.2) is 5.11 Å². The molecule has 1 radical (unpaired) electrons. The first-order valence-corrected chi connectivity index (χ1v) is 2.58. The minimum Gasteiger partial charge on any atom is -0.375 e. The zero-order chi connectivity index (χ0) is 5.28. The average molecular weight is 101 g/mol. The zero-order valence-electron chi connectivity index (χ0n) is 4.39. The third kappa shape index (κ3) is 0.924. The maximum Gasteiger partial charge on any atom is 0.116 e. The highest BCUT2D eigenvalue weighted by atomic mass is 16.5. The van der Waals surface area contributed by atoms with Crippen LogP contribution in [0.3, 0.4) is 0 Å². The van der Waals surface area contributed by atoms with Crippen LogP contribution in [0.4, 0.5) is 0 Å². The second-order valence-electron chi connectivity index (χ2n) is 1.90. The third-order valence-corrected chi connectivity index (χ3v) is 1.26. The highest BCUT2D eigenvalue weighted by molar-refractivity contribution is 4.70. The lowest BCUT2D eigenvalue weighted by molar-refractivity contribution is -0.129. The molecule has 0 spiro atoms. The van der Waals surface area contributed by atoms with Gasteiger partial charge in [0.15, 0.2) is 0 Å². The van der Waals surface area contributed by atoms with Crippen LogP contribution in [0, 0.1) is 0 Å². The first kappa shape index (κ1) is 5.06. The van der Waals surface area contributed by atoms with Crippen molar-refractivity contribution in [3.63, 3.8) is 0 Å². The Balaban J connectivity index is 2.14. The Hall–Kier alpha value is -0.0800. The quantitative estimate of drug-likeness (QED) is 0.475. The maximum absolute atomic E-state index is 10.4. The van der Waals surface area contributed by atoms with Gasteiger partial charge in [0.1, 0.15) is 6.10 Å². The lowest BCUT2D eigenvalue weighted by Crippen LogP contribution is -2.35. The van der Waals surface area contributed by atoms with Crippen molar-refractivity contribution in [2.24, 2.45) is 0 Å². The van der Waals surface area contributed by atoms with Crippen molar-refractivity contribution in [3.8, 4) is 0 Å². The summed E-state index contributed by atoms with van der Waals surface area (Å²) in [5.74, 6) is 0. The van der Waals surface area contributed by atoms with Crippen molar-refractivity contribution < 1.29 is 9.84 Å². The SMILES string of the molecule is CC([O])C1CCO1. The minimum atomic E-state index is -0.520. The summed E-state index contributed by atoms with van der Waals surface area (Å²) in [5, 5.41) is 10.4. The van der Waals surface area contributed by atoms with Crippen molar-refractivity contribution in [3.05, 3.63) is 0 Å². The second kappa shape index (κ2) is 1.80. The number of ether oxygens (including phenoxy) is 1. The summed E-state index contributed by atoms with van der Waals surface area (Å²) >= 11 is 0. The van der Waals surface area contributed by atoms with Gasteiger partial charge in [-0.2, -0.15) is 0 Å². The maximum atomic E-state index is 10.4. The van der Waals surface area contributed by atoms with Crippen LogP contribution in [0.1, 0.15) is 13.3 Å². The molecule has 0 N–H and O–H groups in total. The molecule has 0 aliphatic carbocycles. The van der Waals surface area contributed by atoms with Gasteiger partial charge in [-0.1, -0.05) is 0 Å². The van der Waals surface area contributed by atoms with E-state index in [9.17, 15) is 5.11 Å². The van der Waals surface area contributed by atoms with E-state index in [0.717, 1.165) is 13.0 Å². The predicted octanol–water partition coefficient (Wildman–Crippen LogP) is 0.594. The number of rotatable bonds is 1. The summed E-state index contributed by atoms with van der Waals surface area (Å²) in [5.41, 5.74) is 0. The van der Waals surface area contributed by atoms with Crippen molar-refractivity contribution >= 4 is 0 Å². The van der Waals surface area contributed by atoms with Gasteiger partial charge in [0, 0.05) is 6.61 Å². The van der Waals surface area contributed by atoms with Gasteiger partial charge in [-0.15, -0.1) is 0 Å². The highest BCUT2D eigenvalue weighted by Crippen LogP contribution is 2.14. The molecule has 0 aromatic rings. The molecule has 0 amide bonds. The lowest BCUT2D eigenvalue weighted by Gasteiger charge is -2.27. The van der Waals surface area contributed by atoms with Crippen molar-refractivity contribution in [1.82, 2.24) is 0 Å². The second-order valence-corrected chi connectivity index (χ2v) is 1.90. The molecular formula is C5H9O2. The largest absolute Gasteiger partial charge is 0.375 e. The average Bonchev–Trinajstić information content (AvgIpc) is 1.23. The monoisotopic (exact) mass is 101 g/mol. The van der Waals surface area contributed by atoms with Crippen LogP contribution in [0.2, 0.25) is 0 Å².